The maximum absolute atomic E-state index is 11.2. The van der Waals surface area contributed by atoms with Crippen molar-refractivity contribution in [3.05, 3.63) is 0 Å². The van der Waals surface area contributed by atoms with Gasteiger partial charge in [0.1, 0.15) is 0 Å². The summed E-state index contributed by atoms with van der Waals surface area (Å²) >= 11 is 0. The van der Waals surface area contributed by atoms with Crippen molar-refractivity contribution in [2.75, 3.05) is 6.61 Å². The smallest absolute Gasteiger partial charge is 0.243 e. The molecule has 0 aliphatic carbocycles. The van der Waals surface area contributed by atoms with Gasteiger partial charge in [0.25, 0.3) is 0 Å². The highest BCUT2D eigenvalue weighted by Crippen LogP contribution is 2.11. The van der Waals surface area contributed by atoms with Gasteiger partial charge in [-0.2, -0.15) is 0 Å². The van der Waals surface area contributed by atoms with Crippen molar-refractivity contribution in [1.29, 1.82) is 0 Å². The van der Waals surface area contributed by atoms with Crippen LogP contribution in [0.2, 0.25) is 0 Å². The number of hydrogen-bond acceptors (Lipinski definition) is 2. The molecule has 0 heterocycles. The molecule has 1 N–H and O–H groups in total. The number of rotatable bonds is 14. The van der Waals surface area contributed by atoms with Gasteiger partial charge in [0.2, 0.25) is 5.91 Å². The van der Waals surface area contributed by atoms with Crippen molar-refractivity contribution < 1.29 is 9.63 Å². The molecule has 0 aromatic carbocycles. The van der Waals surface area contributed by atoms with Gasteiger partial charge in [-0.15, -0.1) is 0 Å². The number of amides is 1. The minimum Gasteiger partial charge on any atom is -0.274 e. The van der Waals surface area contributed by atoms with Gasteiger partial charge >= 0.3 is 0 Å². The summed E-state index contributed by atoms with van der Waals surface area (Å²) in [5.74, 6) is 0.0118. The lowest BCUT2D eigenvalue weighted by Crippen LogP contribution is -2.23. The molecule has 0 saturated carbocycles. The van der Waals surface area contributed by atoms with Crippen LogP contribution in [0, 0.1) is 0 Å². The number of nitrogens with one attached hydrogen (secondary N) is 1. The lowest BCUT2D eigenvalue weighted by atomic mass is 10.1. The van der Waals surface area contributed by atoms with Gasteiger partial charge in [-0.1, -0.05) is 71.1 Å². The Morgan fingerprint density at radius 1 is 0.789 bits per heavy atom. The minimum atomic E-state index is 0.0118. The minimum absolute atomic E-state index is 0.0118. The Kier molecular flexibility index (Phi) is 15.0. The van der Waals surface area contributed by atoms with Crippen molar-refractivity contribution in [1.82, 2.24) is 5.48 Å². The van der Waals surface area contributed by atoms with Crippen LogP contribution in [-0.2, 0) is 9.63 Å². The second-order valence-corrected chi connectivity index (χ2v) is 5.24. The lowest BCUT2D eigenvalue weighted by molar-refractivity contribution is -0.133. The predicted octanol–water partition coefficient (Wildman–Crippen LogP) is 4.76. The first kappa shape index (κ1) is 18.4. The fraction of sp³-hybridized carbons (Fsp3) is 0.938. The van der Waals surface area contributed by atoms with E-state index in [9.17, 15) is 4.79 Å². The molecule has 0 aromatic heterocycles. The van der Waals surface area contributed by atoms with E-state index in [1.807, 2.05) is 6.92 Å². The Hall–Kier alpha value is -0.570. The average Bonchev–Trinajstić information content (AvgIpc) is 2.42. The largest absolute Gasteiger partial charge is 0.274 e. The SMILES string of the molecule is CCCCCCCCCCCCCC(=O)NOCC. The van der Waals surface area contributed by atoms with Crippen LogP contribution >= 0.6 is 0 Å². The highest BCUT2D eigenvalue weighted by molar-refractivity contribution is 5.74. The average molecular weight is 271 g/mol. The maximum atomic E-state index is 11.2. The second-order valence-electron chi connectivity index (χ2n) is 5.24. The van der Waals surface area contributed by atoms with Crippen LogP contribution in [0.15, 0.2) is 0 Å². The zero-order valence-electron chi connectivity index (χ0n) is 13.0. The molecule has 0 fully saturated rings. The second kappa shape index (κ2) is 15.5. The van der Waals surface area contributed by atoms with Gasteiger partial charge in [-0.3, -0.25) is 9.63 Å². The van der Waals surface area contributed by atoms with Crippen LogP contribution in [0.5, 0.6) is 0 Å². The zero-order valence-corrected chi connectivity index (χ0v) is 13.0. The predicted molar refractivity (Wildman–Crippen MR) is 80.8 cm³/mol. The fourth-order valence-electron chi connectivity index (χ4n) is 2.15. The van der Waals surface area contributed by atoms with Gasteiger partial charge in [0, 0.05) is 6.42 Å². The summed E-state index contributed by atoms with van der Waals surface area (Å²) in [5.41, 5.74) is 2.43. The number of carbonyl (C=O) groups is 1. The van der Waals surface area contributed by atoms with E-state index < -0.39 is 0 Å². The van der Waals surface area contributed by atoms with E-state index >= 15 is 0 Å². The van der Waals surface area contributed by atoms with Gasteiger partial charge in [0.05, 0.1) is 6.61 Å². The third-order valence-electron chi connectivity index (χ3n) is 3.34. The molecular formula is C16H33NO2. The molecule has 19 heavy (non-hydrogen) atoms. The van der Waals surface area contributed by atoms with E-state index in [0.29, 0.717) is 13.0 Å². The van der Waals surface area contributed by atoms with Crippen molar-refractivity contribution in [2.24, 2.45) is 0 Å². The summed E-state index contributed by atoms with van der Waals surface area (Å²) < 4.78 is 0. The molecule has 0 radical (unpaired) electrons. The molecular weight excluding hydrogens is 238 g/mol. The molecule has 114 valence electrons. The summed E-state index contributed by atoms with van der Waals surface area (Å²) in [7, 11) is 0. The zero-order chi connectivity index (χ0) is 14.2. The maximum Gasteiger partial charge on any atom is 0.243 e. The Balaban J connectivity index is 3.04. The van der Waals surface area contributed by atoms with E-state index in [1.165, 1.54) is 57.8 Å². The van der Waals surface area contributed by atoms with Crippen molar-refractivity contribution in [3.8, 4) is 0 Å². The first-order valence-electron chi connectivity index (χ1n) is 8.21. The van der Waals surface area contributed by atoms with E-state index in [0.717, 1.165) is 12.8 Å². The van der Waals surface area contributed by atoms with Crippen LogP contribution in [-0.4, -0.2) is 12.5 Å². The normalized spacial score (nSPS) is 10.6. The van der Waals surface area contributed by atoms with Crippen molar-refractivity contribution in [3.63, 3.8) is 0 Å². The monoisotopic (exact) mass is 271 g/mol. The third kappa shape index (κ3) is 15.4. The summed E-state index contributed by atoms with van der Waals surface area (Å²) in [5, 5.41) is 0. The molecule has 0 aliphatic rings. The van der Waals surface area contributed by atoms with E-state index in [4.69, 9.17) is 4.84 Å². The van der Waals surface area contributed by atoms with Gasteiger partial charge in [-0.05, 0) is 13.3 Å². The standard InChI is InChI=1S/C16H33NO2/c1-3-5-6-7-8-9-10-11-12-13-14-15-16(18)17-19-4-2/h3-15H2,1-2H3,(H,17,18). The topological polar surface area (TPSA) is 38.3 Å². The van der Waals surface area contributed by atoms with Gasteiger partial charge in [0.15, 0.2) is 0 Å². The highest BCUT2D eigenvalue weighted by atomic mass is 16.6. The molecule has 3 nitrogen and oxygen atoms in total. The molecule has 0 atom stereocenters. The molecule has 0 bridgehead atoms. The Morgan fingerprint density at radius 2 is 1.26 bits per heavy atom. The molecule has 0 aliphatic heterocycles. The Morgan fingerprint density at radius 3 is 1.74 bits per heavy atom. The number of hydroxylamine groups is 1. The molecule has 0 spiro atoms. The quantitative estimate of drug-likeness (QED) is 0.365. The third-order valence-corrected chi connectivity index (χ3v) is 3.34. The molecule has 0 aromatic rings. The van der Waals surface area contributed by atoms with Crippen LogP contribution in [0.4, 0.5) is 0 Å². The summed E-state index contributed by atoms with van der Waals surface area (Å²) in [6.45, 7) is 4.65. The summed E-state index contributed by atoms with van der Waals surface area (Å²) in [6, 6.07) is 0. The van der Waals surface area contributed by atoms with Crippen LogP contribution in [0.3, 0.4) is 0 Å². The number of carbonyl (C=O) groups excluding carboxylic acids is 1. The first-order valence-corrected chi connectivity index (χ1v) is 8.21. The highest BCUT2D eigenvalue weighted by Gasteiger charge is 1.99. The van der Waals surface area contributed by atoms with E-state index in [1.54, 1.807) is 0 Å². The van der Waals surface area contributed by atoms with Crippen LogP contribution in [0.25, 0.3) is 0 Å². The van der Waals surface area contributed by atoms with Crippen LogP contribution < -0.4 is 5.48 Å². The fourth-order valence-corrected chi connectivity index (χ4v) is 2.15. The lowest BCUT2D eigenvalue weighted by Gasteiger charge is -2.04. The Labute approximate surface area is 119 Å². The number of hydrogen-bond donors (Lipinski definition) is 1. The first-order chi connectivity index (χ1) is 9.31. The van der Waals surface area contributed by atoms with Crippen molar-refractivity contribution >= 4 is 5.91 Å². The molecule has 3 heteroatoms. The summed E-state index contributed by atoms with van der Waals surface area (Å²) in [4.78, 5) is 16.1. The summed E-state index contributed by atoms with van der Waals surface area (Å²) in [6.07, 6.45) is 15.0. The van der Waals surface area contributed by atoms with E-state index in [2.05, 4.69) is 12.4 Å². The van der Waals surface area contributed by atoms with Gasteiger partial charge in [-0.25, -0.2) is 5.48 Å². The van der Waals surface area contributed by atoms with E-state index in [-0.39, 0.29) is 5.91 Å². The Bertz CT molecular complexity index is 195. The molecule has 0 saturated heterocycles. The molecule has 0 unspecified atom stereocenters. The molecule has 1 amide bonds. The van der Waals surface area contributed by atoms with Crippen LogP contribution in [0.1, 0.15) is 90.9 Å². The molecule has 0 rings (SSSR count). The number of unbranched alkanes of at least 4 members (excludes halogenated alkanes) is 10. The van der Waals surface area contributed by atoms with Gasteiger partial charge < -0.3 is 0 Å². The van der Waals surface area contributed by atoms with Crippen molar-refractivity contribution in [2.45, 2.75) is 90.9 Å².